The first-order valence-electron chi connectivity index (χ1n) is 5.59. The number of esters is 1. The minimum atomic E-state index is -0.626. The highest BCUT2D eigenvalue weighted by molar-refractivity contribution is 7.99. The van der Waals surface area contributed by atoms with Crippen LogP contribution in [0.5, 0.6) is 0 Å². The topological polar surface area (TPSA) is 108 Å². The number of primary amides is 1. The smallest absolute Gasteiger partial charge is 0.316 e. The van der Waals surface area contributed by atoms with Crippen molar-refractivity contribution < 1.29 is 14.3 Å². The van der Waals surface area contributed by atoms with Crippen molar-refractivity contribution in [1.82, 2.24) is 4.98 Å². The third-order valence-corrected chi connectivity index (χ3v) is 2.83. The van der Waals surface area contributed by atoms with E-state index in [1.54, 1.807) is 20.8 Å². The number of thioether (sulfide) groups is 1. The third-order valence-electron chi connectivity index (χ3n) is 1.93. The van der Waals surface area contributed by atoms with Gasteiger partial charge in [-0.05, 0) is 26.8 Å². The average Bonchev–Trinajstić information content (AvgIpc) is 2.25. The molecule has 19 heavy (non-hydrogen) atoms. The van der Waals surface area contributed by atoms with Crippen LogP contribution in [0.1, 0.15) is 31.1 Å². The number of nitrogens with zero attached hydrogens (tertiary/aromatic N) is 1. The summed E-state index contributed by atoms with van der Waals surface area (Å²) < 4.78 is 5.16. The van der Waals surface area contributed by atoms with Crippen LogP contribution >= 0.6 is 11.8 Å². The van der Waals surface area contributed by atoms with E-state index in [1.165, 1.54) is 12.3 Å². The van der Waals surface area contributed by atoms with Gasteiger partial charge in [-0.15, -0.1) is 0 Å². The number of nitrogens with two attached hydrogens (primary N) is 2. The summed E-state index contributed by atoms with van der Waals surface area (Å²) >= 11 is 1.16. The van der Waals surface area contributed by atoms with Gasteiger partial charge in [0.2, 0.25) is 0 Å². The fraction of sp³-hybridized carbons (Fsp3) is 0.417. The lowest BCUT2D eigenvalue weighted by molar-refractivity contribution is -0.151. The molecule has 0 aliphatic rings. The zero-order valence-electron chi connectivity index (χ0n) is 11.1. The molecule has 0 bridgehead atoms. The average molecular weight is 283 g/mol. The Bertz CT molecular complexity index is 497. The summed E-state index contributed by atoms with van der Waals surface area (Å²) in [5.74, 6) is -0.873. The summed E-state index contributed by atoms with van der Waals surface area (Å²) in [5.41, 5.74) is 10.6. The molecule has 0 saturated heterocycles. The Morgan fingerprint density at radius 1 is 1.42 bits per heavy atom. The van der Waals surface area contributed by atoms with Crippen molar-refractivity contribution in [3.8, 4) is 0 Å². The van der Waals surface area contributed by atoms with Crippen LogP contribution in [0.3, 0.4) is 0 Å². The van der Waals surface area contributed by atoms with Crippen LogP contribution in [0.4, 0.5) is 5.69 Å². The van der Waals surface area contributed by atoms with E-state index in [2.05, 4.69) is 4.98 Å². The van der Waals surface area contributed by atoms with E-state index < -0.39 is 11.5 Å². The summed E-state index contributed by atoms with van der Waals surface area (Å²) in [6.45, 7) is 5.38. The number of nitrogen functional groups attached to an aromatic ring is 1. The normalized spacial score (nSPS) is 11.1. The van der Waals surface area contributed by atoms with Crippen molar-refractivity contribution in [2.75, 3.05) is 11.5 Å². The van der Waals surface area contributed by atoms with Gasteiger partial charge < -0.3 is 16.2 Å². The number of hydrogen-bond donors (Lipinski definition) is 2. The minimum Gasteiger partial charge on any atom is -0.459 e. The monoisotopic (exact) mass is 283 g/mol. The summed E-state index contributed by atoms with van der Waals surface area (Å²) in [5, 5.41) is 0.494. The molecule has 1 aromatic heterocycles. The highest BCUT2D eigenvalue weighted by Crippen LogP contribution is 2.20. The molecular formula is C12H17N3O3S. The van der Waals surface area contributed by atoms with Crippen molar-refractivity contribution in [3.05, 3.63) is 17.8 Å². The SMILES string of the molecule is CC(C)(C)OC(=O)CSc1cc(C(N)=O)c(N)cn1. The fourth-order valence-corrected chi connectivity index (χ4v) is 1.90. The fourth-order valence-electron chi connectivity index (χ4n) is 1.24. The summed E-state index contributed by atoms with van der Waals surface area (Å²) in [7, 11) is 0. The van der Waals surface area contributed by atoms with Gasteiger partial charge in [0.15, 0.2) is 0 Å². The summed E-state index contributed by atoms with van der Waals surface area (Å²) in [6, 6.07) is 1.46. The molecule has 0 aromatic carbocycles. The molecule has 0 radical (unpaired) electrons. The van der Waals surface area contributed by atoms with E-state index in [0.717, 1.165) is 11.8 Å². The molecule has 1 heterocycles. The van der Waals surface area contributed by atoms with E-state index in [9.17, 15) is 9.59 Å². The molecule has 4 N–H and O–H groups in total. The maximum absolute atomic E-state index is 11.5. The Balaban J connectivity index is 2.66. The minimum absolute atomic E-state index is 0.104. The van der Waals surface area contributed by atoms with E-state index in [4.69, 9.17) is 16.2 Å². The number of amides is 1. The Morgan fingerprint density at radius 3 is 2.58 bits per heavy atom. The van der Waals surface area contributed by atoms with Gasteiger partial charge in [0, 0.05) is 0 Å². The first-order valence-corrected chi connectivity index (χ1v) is 6.57. The van der Waals surface area contributed by atoms with Crippen LogP contribution in [-0.4, -0.2) is 28.2 Å². The molecule has 104 valence electrons. The molecule has 0 aliphatic heterocycles. The van der Waals surface area contributed by atoms with Crippen LogP contribution in [0.15, 0.2) is 17.3 Å². The number of carbonyl (C=O) groups excluding carboxylic acids is 2. The Kier molecular flexibility index (Phi) is 4.77. The molecule has 0 saturated carbocycles. The lowest BCUT2D eigenvalue weighted by atomic mass is 10.2. The zero-order valence-corrected chi connectivity index (χ0v) is 11.9. The van der Waals surface area contributed by atoms with Gasteiger partial charge in [-0.1, -0.05) is 11.8 Å². The molecule has 1 amide bonds. The molecule has 6 nitrogen and oxygen atoms in total. The van der Waals surface area contributed by atoms with Crippen molar-refractivity contribution >= 4 is 29.3 Å². The maximum atomic E-state index is 11.5. The van der Waals surface area contributed by atoms with Gasteiger partial charge in [0.25, 0.3) is 5.91 Å². The number of hydrogen-bond acceptors (Lipinski definition) is 6. The molecule has 0 aliphatic carbocycles. The lowest BCUT2D eigenvalue weighted by Crippen LogP contribution is -2.24. The summed E-state index contributed by atoms with van der Waals surface area (Å²) in [6.07, 6.45) is 1.34. The summed E-state index contributed by atoms with van der Waals surface area (Å²) in [4.78, 5) is 26.7. The Hall–Kier alpha value is -1.76. The van der Waals surface area contributed by atoms with Crippen LogP contribution < -0.4 is 11.5 Å². The van der Waals surface area contributed by atoms with E-state index in [1.807, 2.05) is 0 Å². The molecular weight excluding hydrogens is 266 g/mol. The first-order chi connectivity index (χ1) is 8.69. The van der Waals surface area contributed by atoms with Gasteiger partial charge in [-0.2, -0.15) is 0 Å². The largest absolute Gasteiger partial charge is 0.459 e. The standard InChI is InChI=1S/C12H17N3O3S/c1-12(2,3)18-10(16)6-19-9-4-7(11(14)17)8(13)5-15-9/h4-5H,6,13H2,1-3H3,(H2,14,17). The molecule has 0 spiro atoms. The van der Waals surface area contributed by atoms with Crippen LogP contribution in [0, 0.1) is 0 Å². The van der Waals surface area contributed by atoms with Crippen molar-refractivity contribution in [2.45, 2.75) is 31.4 Å². The van der Waals surface area contributed by atoms with E-state index in [0.29, 0.717) is 5.03 Å². The van der Waals surface area contributed by atoms with Gasteiger partial charge in [-0.25, -0.2) is 4.98 Å². The van der Waals surface area contributed by atoms with Crippen molar-refractivity contribution in [3.63, 3.8) is 0 Å². The second-order valence-electron chi connectivity index (χ2n) is 4.85. The second kappa shape index (κ2) is 5.92. The third kappa shape index (κ3) is 5.17. The van der Waals surface area contributed by atoms with Gasteiger partial charge in [0.05, 0.1) is 28.2 Å². The van der Waals surface area contributed by atoms with E-state index in [-0.39, 0.29) is 23.0 Å². The quantitative estimate of drug-likeness (QED) is 0.635. The lowest BCUT2D eigenvalue weighted by Gasteiger charge is -2.19. The van der Waals surface area contributed by atoms with Crippen LogP contribution in [-0.2, 0) is 9.53 Å². The number of aromatic nitrogens is 1. The number of carbonyl (C=O) groups is 2. The van der Waals surface area contributed by atoms with Gasteiger partial charge in [-0.3, -0.25) is 9.59 Å². The number of rotatable bonds is 4. The highest BCUT2D eigenvalue weighted by Gasteiger charge is 2.17. The van der Waals surface area contributed by atoms with Crippen LogP contribution in [0.2, 0.25) is 0 Å². The molecule has 1 aromatic rings. The highest BCUT2D eigenvalue weighted by atomic mass is 32.2. The number of pyridine rings is 1. The van der Waals surface area contributed by atoms with Gasteiger partial charge in [0.1, 0.15) is 5.60 Å². The van der Waals surface area contributed by atoms with Crippen molar-refractivity contribution in [1.29, 1.82) is 0 Å². The Labute approximate surface area is 115 Å². The Morgan fingerprint density at radius 2 is 2.05 bits per heavy atom. The van der Waals surface area contributed by atoms with E-state index >= 15 is 0 Å². The number of ether oxygens (including phenoxy) is 1. The predicted octanol–water partition coefficient (Wildman–Crippen LogP) is 1.20. The molecule has 0 fully saturated rings. The molecule has 1 rings (SSSR count). The molecule has 7 heteroatoms. The van der Waals surface area contributed by atoms with Crippen molar-refractivity contribution in [2.24, 2.45) is 5.73 Å². The number of anilines is 1. The molecule has 0 unspecified atom stereocenters. The second-order valence-corrected chi connectivity index (χ2v) is 5.84. The van der Waals surface area contributed by atoms with Crippen LogP contribution in [0.25, 0.3) is 0 Å². The maximum Gasteiger partial charge on any atom is 0.316 e. The predicted molar refractivity (Wildman–Crippen MR) is 73.7 cm³/mol. The zero-order chi connectivity index (χ0) is 14.6. The van der Waals surface area contributed by atoms with Gasteiger partial charge >= 0.3 is 5.97 Å². The molecule has 0 atom stereocenters. The first kappa shape index (κ1) is 15.3.